The van der Waals surface area contributed by atoms with Crippen LogP contribution in [0.4, 0.5) is 0 Å². The third kappa shape index (κ3) is 5.56. The van der Waals surface area contributed by atoms with Crippen molar-refractivity contribution in [3.63, 3.8) is 0 Å². The lowest BCUT2D eigenvalue weighted by molar-refractivity contribution is -0.0921. The van der Waals surface area contributed by atoms with E-state index >= 15 is 0 Å². The molecule has 0 saturated heterocycles. The summed E-state index contributed by atoms with van der Waals surface area (Å²) in [5, 5.41) is 57.4. The molecule has 0 aliphatic carbocycles. The third-order valence-corrected chi connectivity index (χ3v) is 3.05. The molecule has 0 heterocycles. The summed E-state index contributed by atoms with van der Waals surface area (Å²) in [7, 11) is 0. The molecule has 6 nitrogen and oxygen atoms in total. The van der Waals surface area contributed by atoms with E-state index in [0.717, 1.165) is 23.5 Å². The van der Waals surface area contributed by atoms with Gasteiger partial charge in [-0.1, -0.05) is 0 Å². The molecule has 0 saturated carbocycles. The van der Waals surface area contributed by atoms with E-state index in [1.807, 2.05) is 0 Å². The predicted octanol–water partition coefficient (Wildman–Crippen LogP) is -1.14. The molecule has 4 atom stereocenters. The van der Waals surface area contributed by atoms with Crippen molar-refractivity contribution in [3.8, 4) is 10.8 Å². The van der Waals surface area contributed by atoms with Gasteiger partial charge in [0.2, 0.25) is 0 Å². The Kier molecular flexibility index (Phi) is 8.39. The SMILES string of the molecule is N#CSC[C@@H](O)[C@@H](O)[C@H](O)[C@H](O)CSC#N. The fourth-order valence-electron chi connectivity index (χ4n) is 0.898. The summed E-state index contributed by atoms with van der Waals surface area (Å²) >= 11 is 1.47. The molecule has 0 aromatic heterocycles. The Bertz CT molecular complexity index is 250. The fourth-order valence-corrected chi connectivity index (χ4v) is 1.78. The highest BCUT2D eigenvalue weighted by Gasteiger charge is 2.30. The molecule has 0 spiro atoms. The van der Waals surface area contributed by atoms with Crippen LogP contribution in [0.15, 0.2) is 0 Å². The molecule has 0 aliphatic heterocycles. The largest absolute Gasteiger partial charge is 0.389 e. The highest BCUT2D eigenvalue weighted by Crippen LogP contribution is 2.12. The first-order valence-electron chi connectivity index (χ1n) is 4.28. The van der Waals surface area contributed by atoms with Gasteiger partial charge in [0, 0.05) is 11.5 Å². The van der Waals surface area contributed by atoms with Crippen molar-refractivity contribution in [2.75, 3.05) is 11.5 Å². The normalized spacial score (nSPS) is 17.9. The van der Waals surface area contributed by atoms with E-state index < -0.39 is 24.4 Å². The molecule has 8 heteroatoms. The van der Waals surface area contributed by atoms with Gasteiger partial charge in [-0.25, -0.2) is 0 Å². The summed E-state index contributed by atoms with van der Waals surface area (Å²) in [6, 6.07) is 0. The van der Waals surface area contributed by atoms with Crippen molar-refractivity contribution in [3.05, 3.63) is 0 Å². The molecule has 90 valence electrons. The van der Waals surface area contributed by atoms with E-state index in [0.29, 0.717) is 0 Å². The molecule has 0 radical (unpaired) electrons. The Morgan fingerprint density at radius 3 is 1.38 bits per heavy atom. The standard InChI is InChI=1S/C8H12N2O4S2/c9-3-15-1-5(11)7(13)8(14)6(12)2-16-4-10/h5-8,11-14H,1-2H2/t5-,6-,7-,8-/m1/s1. The van der Waals surface area contributed by atoms with Gasteiger partial charge in [0.05, 0.1) is 12.2 Å². The average Bonchev–Trinajstić information content (AvgIpc) is 2.30. The maximum Gasteiger partial charge on any atom is 0.133 e. The second-order valence-electron chi connectivity index (χ2n) is 2.92. The first kappa shape index (κ1) is 15.5. The van der Waals surface area contributed by atoms with Crippen molar-refractivity contribution in [2.45, 2.75) is 24.4 Å². The van der Waals surface area contributed by atoms with Gasteiger partial charge in [-0.3, -0.25) is 0 Å². The number of thiocyanates is 2. The lowest BCUT2D eigenvalue weighted by Crippen LogP contribution is -2.46. The molecule has 0 aromatic rings. The zero-order chi connectivity index (χ0) is 12.6. The average molecular weight is 264 g/mol. The summed E-state index contributed by atoms with van der Waals surface area (Å²) in [6.45, 7) is 0. The van der Waals surface area contributed by atoms with E-state index in [4.69, 9.17) is 10.5 Å². The molecular formula is C8H12N2O4S2. The molecule has 0 aromatic carbocycles. The highest BCUT2D eigenvalue weighted by molar-refractivity contribution is 8.03. The van der Waals surface area contributed by atoms with Crippen LogP contribution in [-0.2, 0) is 0 Å². The molecular weight excluding hydrogens is 252 g/mol. The van der Waals surface area contributed by atoms with Crippen molar-refractivity contribution in [1.29, 1.82) is 10.5 Å². The Balaban J connectivity index is 4.10. The van der Waals surface area contributed by atoms with Crippen molar-refractivity contribution >= 4 is 23.5 Å². The topological polar surface area (TPSA) is 128 Å². The van der Waals surface area contributed by atoms with Crippen molar-refractivity contribution < 1.29 is 20.4 Å². The number of thioether (sulfide) groups is 2. The van der Waals surface area contributed by atoms with Gasteiger partial charge in [0.1, 0.15) is 23.0 Å². The second kappa shape index (κ2) is 8.65. The summed E-state index contributed by atoms with van der Waals surface area (Å²) < 4.78 is 0. The van der Waals surface area contributed by atoms with E-state index in [1.165, 1.54) is 0 Å². The van der Waals surface area contributed by atoms with E-state index in [1.54, 1.807) is 10.8 Å². The number of rotatable bonds is 7. The van der Waals surface area contributed by atoms with Crippen molar-refractivity contribution in [2.24, 2.45) is 0 Å². The van der Waals surface area contributed by atoms with Crippen LogP contribution < -0.4 is 0 Å². The lowest BCUT2D eigenvalue weighted by atomic mass is 10.1. The number of hydrogen-bond donors (Lipinski definition) is 4. The van der Waals surface area contributed by atoms with E-state index in [2.05, 4.69) is 0 Å². The van der Waals surface area contributed by atoms with Crippen LogP contribution in [0.2, 0.25) is 0 Å². The Hall–Kier alpha value is -0.480. The predicted molar refractivity (Wildman–Crippen MR) is 60.2 cm³/mol. The van der Waals surface area contributed by atoms with Gasteiger partial charge in [-0.2, -0.15) is 10.5 Å². The molecule has 0 rings (SSSR count). The molecule has 0 aliphatic rings. The van der Waals surface area contributed by atoms with Gasteiger partial charge < -0.3 is 20.4 Å². The molecule has 4 N–H and O–H groups in total. The van der Waals surface area contributed by atoms with Crippen LogP contribution in [-0.4, -0.2) is 56.3 Å². The first-order chi connectivity index (χ1) is 7.54. The van der Waals surface area contributed by atoms with E-state index in [9.17, 15) is 20.4 Å². The van der Waals surface area contributed by atoms with Crippen LogP contribution in [0.5, 0.6) is 0 Å². The summed E-state index contributed by atoms with van der Waals surface area (Å²) in [5.74, 6) is -0.125. The van der Waals surface area contributed by atoms with Gasteiger partial charge in [-0.15, -0.1) is 0 Å². The Labute approximate surface area is 102 Å². The zero-order valence-corrected chi connectivity index (χ0v) is 9.86. The number of nitrogens with zero attached hydrogens (tertiary/aromatic N) is 2. The first-order valence-corrected chi connectivity index (χ1v) is 6.25. The van der Waals surface area contributed by atoms with Gasteiger partial charge in [-0.05, 0) is 23.5 Å². The summed E-state index contributed by atoms with van der Waals surface area (Å²) in [6.07, 6.45) is -5.70. The molecule has 0 unspecified atom stereocenters. The minimum atomic E-state index is -1.55. The van der Waals surface area contributed by atoms with Crippen LogP contribution in [0.1, 0.15) is 0 Å². The number of nitriles is 2. The monoisotopic (exact) mass is 264 g/mol. The minimum Gasteiger partial charge on any atom is -0.389 e. The Morgan fingerprint density at radius 2 is 1.12 bits per heavy atom. The zero-order valence-electron chi connectivity index (χ0n) is 8.22. The van der Waals surface area contributed by atoms with Crippen molar-refractivity contribution in [1.82, 2.24) is 0 Å². The fraction of sp³-hybridized carbons (Fsp3) is 0.750. The van der Waals surface area contributed by atoms with Crippen LogP contribution in [0, 0.1) is 21.3 Å². The minimum absolute atomic E-state index is 0.0627. The van der Waals surface area contributed by atoms with Crippen LogP contribution in [0.25, 0.3) is 0 Å². The number of aliphatic hydroxyl groups is 4. The molecule has 0 amide bonds. The van der Waals surface area contributed by atoms with Gasteiger partial charge in [0.15, 0.2) is 0 Å². The second-order valence-corrected chi connectivity index (χ2v) is 4.53. The molecule has 16 heavy (non-hydrogen) atoms. The Morgan fingerprint density at radius 1 is 0.812 bits per heavy atom. The smallest absolute Gasteiger partial charge is 0.133 e. The van der Waals surface area contributed by atoms with Crippen LogP contribution >= 0.6 is 23.5 Å². The van der Waals surface area contributed by atoms with Gasteiger partial charge >= 0.3 is 0 Å². The number of hydrogen-bond acceptors (Lipinski definition) is 8. The third-order valence-electron chi connectivity index (χ3n) is 1.78. The summed E-state index contributed by atoms with van der Waals surface area (Å²) in [4.78, 5) is 0. The lowest BCUT2D eigenvalue weighted by Gasteiger charge is -2.25. The van der Waals surface area contributed by atoms with Crippen LogP contribution in [0.3, 0.4) is 0 Å². The maximum absolute atomic E-state index is 9.41. The number of aliphatic hydroxyl groups excluding tert-OH is 4. The van der Waals surface area contributed by atoms with Gasteiger partial charge in [0.25, 0.3) is 0 Å². The molecule has 0 bridgehead atoms. The highest BCUT2D eigenvalue weighted by atomic mass is 32.2. The summed E-state index contributed by atoms with van der Waals surface area (Å²) in [5.41, 5.74) is 0. The molecule has 0 fully saturated rings. The van der Waals surface area contributed by atoms with E-state index in [-0.39, 0.29) is 11.5 Å². The quantitative estimate of drug-likeness (QED) is 0.425. The maximum atomic E-state index is 9.41.